The number of thiophene rings is 1. The van der Waals surface area contributed by atoms with E-state index in [0.717, 1.165) is 5.75 Å². The molecule has 2 rings (SSSR count). The standard InChI is InChI=1S/C11H12OS4/c1-3-9(12)15-10-7-14-11(2,16-10)8-5-4-6-13-8/h3-6,10H,1,7H2,2H3. The number of hydrogen-bond acceptors (Lipinski definition) is 5. The van der Waals surface area contributed by atoms with Gasteiger partial charge in [-0.2, -0.15) is 0 Å². The molecule has 86 valence electrons. The summed E-state index contributed by atoms with van der Waals surface area (Å²) in [5.41, 5.74) is 0. The number of thioether (sulfide) groups is 3. The normalized spacial score (nSPS) is 29.2. The molecule has 0 N–H and O–H groups in total. The average Bonchev–Trinajstić information content (AvgIpc) is 2.88. The van der Waals surface area contributed by atoms with Crippen molar-refractivity contribution in [3.05, 3.63) is 35.0 Å². The molecule has 0 aliphatic carbocycles. The van der Waals surface area contributed by atoms with Crippen LogP contribution in [0.4, 0.5) is 0 Å². The summed E-state index contributed by atoms with van der Waals surface area (Å²) in [4.78, 5) is 12.7. The maximum Gasteiger partial charge on any atom is 0.212 e. The van der Waals surface area contributed by atoms with Crippen LogP contribution in [0.2, 0.25) is 0 Å². The Morgan fingerprint density at radius 1 is 1.75 bits per heavy atom. The Bertz CT molecular complexity index is 387. The Balaban J connectivity index is 2.02. The van der Waals surface area contributed by atoms with E-state index in [-0.39, 0.29) is 9.19 Å². The van der Waals surface area contributed by atoms with Gasteiger partial charge in [-0.1, -0.05) is 24.4 Å². The molecule has 0 saturated carbocycles. The van der Waals surface area contributed by atoms with Crippen LogP contribution in [0.25, 0.3) is 0 Å². The van der Waals surface area contributed by atoms with Crippen LogP contribution in [0.15, 0.2) is 30.2 Å². The summed E-state index contributed by atoms with van der Waals surface area (Å²) in [6, 6.07) is 4.26. The second kappa shape index (κ2) is 5.21. The van der Waals surface area contributed by atoms with Crippen molar-refractivity contribution >= 4 is 51.7 Å². The topological polar surface area (TPSA) is 17.1 Å². The van der Waals surface area contributed by atoms with E-state index in [0.29, 0.717) is 4.58 Å². The molecular formula is C11H12OS4. The lowest BCUT2D eigenvalue weighted by molar-refractivity contribution is -0.107. The van der Waals surface area contributed by atoms with Gasteiger partial charge in [-0.3, -0.25) is 4.79 Å². The Kier molecular flexibility index (Phi) is 4.11. The maximum atomic E-state index is 11.3. The largest absolute Gasteiger partial charge is 0.282 e. The second-order valence-corrected chi connectivity index (χ2v) is 9.19. The fourth-order valence-corrected chi connectivity index (χ4v) is 7.45. The molecule has 0 radical (unpaired) electrons. The third kappa shape index (κ3) is 2.70. The fourth-order valence-electron chi connectivity index (χ4n) is 1.45. The maximum absolute atomic E-state index is 11.3. The monoisotopic (exact) mass is 288 g/mol. The lowest BCUT2D eigenvalue weighted by atomic mass is 10.4. The summed E-state index contributed by atoms with van der Waals surface area (Å²) in [5, 5.41) is 2.19. The van der Waals surface area contributed by atoms with Crippen LogP contribution in [0, 0.1) is 0 Å². The molecule has 1 aromatic heterocycles. The summed E-state index contributed by atoms with van der Waals surface area (Å²) < 4.78 is 0.468. The first-order chi connectivity index (χ1) is 7.64. The first kappa shape index (κ1) is 12.6. The highest BCUT2D eigenvalue weighted by Gasteiger charge is 2.39. The summed E-state index contributed by atoms with van der Waals surface area (Å²) in [7, 11) is 0. The van der Waals surface area contributed by atoms with Crippen LogP contribution in [0.3, 0.4) is 0 Å². The molecule has 1 aromatic rings. The van der Waals surface area contributed by atoms with Crippen molar-refractivity contribution in [2.75, 3.05) is 5.75 Å². The lowest BCUT2D eigenvalue weighted by Gasteiger charge is -2.20. The van der Waals surface area contributed by atoms with E-state index >= 15 is 0 Å². The fraction of sp³-hybridized carbons (Fsp3) is 0.364. The van der Waals surface area contributed by atoms with Crippen LogP contribution in [0.5, 0.6) is 0 Å². The Hall–Kier alpha value is 0.160. The molecule has 0 spiro atoms. The Labute approximate surface area is 112 Å². The van der Waals surface area contributed by atoms with Crippen molar-refractivity contribution < 1.29 is 4.79 Å². The summed E-state index contributed by atoms with van der Waals surface area (Å²) >= 11 is 7.00. The summed E-state index contributed by atoms with van der Waals surface area (Å²) in [6.45, 7) is 5.75. The van der Waals surface area contributed by atoms with Gasteiger partial charge in [0, 0.05) is 10.6 Å². The SMILES string of the molecule is C=CC(=O)SC1CSC(C)(c2cccs2)S1. The summed E-state index contributed by atoms with van der Waals surface area (Å²) in [6.07, 6.45) is 1.40. The van der Waals surface area contributed by atoms with Gasteiger partial charge in [0.2, 0.25) is 5.12 Å². The van der Waals surface area contributed by atoms with Crippen LogP contribution in [0.1, 0.15) is 11.8 Å². The highest BCUT2D eigenvalue weighted by Crippen LogP contribution is 2.58. The highest BCUT2D eigenvalue weighted by atomic mass is 32.2. The molecule has 0 amide bonds. The van der Waals surface area contributed by atoms with E-state index in [2.05, 4.69) is 31.0 Å². The number of rotatable bonds is 3. The lowest BCUT2D eigenvalue weighted by Crippen LogP contribution is -2.06. The highest BCUT2D eigenvalue weighted by molar-refractivity contribution is 8.32. The van der Waals surface area contributed by atoms with Gasteiger partial charge in [0.15, 0.2) is 0 Å². The molecule has 2 atom stereocenters. The van der Waals surface area contributed by atoms with Crippen molar-refractivity contribution in [3.8, 4) is 0 Å². The number of carbonyl (C=O) groups is 1. The molecule has 2 heterocycles. The smallest absolute Gasteiger partial charge is 0.212 e. The number of carbonyl (C=O) groups excluding carboxylic acids is 1. The van der Waals surface area contributed by atoms with Crippen molar-refractivity contribution in [1.29, 1.82) is 0 Å². The van der Waals surface area contributed by atoms with Gasteiger partial charge < -0.3 is 0 Å². The Morgan fingerprint density at radius 3 is 3.19 bits per heavy atom. The van der Waals surface area contributed by atoms with E-state index in [1.54, 1.807) is 11.3 Å². The first-order valence-corrected chi connectivity index (χ1v) is 8.45. The zero-order valence-electron chi connectivity index (χ0n) is 8.84. The molecule has 1 aliphatic heterocycles. The van der Waals surface area contributed by atoms with Gasteiger partial charge in [0.25, 0.3) is 0 Å². The third-order valence-corrected chi connectivity index (χ3v) is 8.42. The van der Waals surface area contributed by atoms with Crippen molar-refractivity contribution in [3.63, 3.8) is 0 Å². The molecular weight excluding hydrogens is 276 g/mol. The van der Waals surface area contributed by atoms with Crippen molar-refractivity contribution in [2.45, 2.75) is 15.6 Å². The van der Waals surface area contributed by atoms with Crippen LogP contribution < -0.4 is 0 Å². The van der Waals surface area contributed by atoms with E-state index < -0.39 is 0 Å². The van der Waals surface area contributed by atoms with E-state index in [1.165, 1.54) is 22.7 Å². The molecule has 0 aromatic carbocycles. The van der Waals surface area contributed by atoms with Gasteiger partial charge in [-0.15, -0.1) is 34.9 Å². The van der Waals surface area contributed by atoms with E-state index in [4.69, 9.17) is 0 Å². The van der Waals surface area contributed by atoms with Gasteiger partial charge >= 0.3 is 0 Å². The number of hydrogen-bond donors (Lipinski definition) is 0. The van der Waals surface area contributed by atoms with E-state index in [1.807, 2.05) is 23.5 Å². The molecule has 1 aliphatic rings. The second-order valence-electron chi connectivity index (χ2n) is 3.42. The molecule has 16 heavy (non-hydrogen) atoms. The van der Waals surface area contributed by atoms with Gasteiger partial charge in [-0.25, -0.2) is 0 Å². The van der Waals surface area contributed by atoms with Crippen LogP contribution in [-0.4, -0.2) is 15.5 Å². The first-order valence-electron chi connectivity index (χ1n) is 4.83. The van der Waals surface area contributed by atoms with Crippen LogP contribution in [-0.2, 0) is 8.87 Å². The molecule has 5 heteroatoms. The summed E-state index contributed by atoms with van der Waals surface area (Å²) in [5.74, 6) is 1.02. The van der Waals surface area contributed by atoms with Gasteiger partial charge in [0.1, 0.15) is 0 Å². The van der Waals surface area contributed by atoms with Crippen molar-refractivity contribution in [2.24, 2.45) is 0 Å². The minimum Gasteiger partial charge on any atom is -0.282 e. The minimum absolute atomic E-state index is 0.0773. The molecule has 2 unspecified atom stereocenters. The average molecular weight is 288 g/mol. The predicted molar refractivity (Wildman–Crippen MR) is 78.3 cm³/mol. The van der Waals surface area contributed by atoms with Gasteiger partial charge in [0.05, 0.1) is 8.66 Å². The third-order valence-electron chi connectivity index (χ3n) is 2.23. The zero-order chi connectivity index (χ0) is 11.6. The van der Waals surface area contributed by atoms with E-state index in [9.17, 15) is 4.79 Å². The van der Waals surface area contributed by atoms with Crippen molar-refractivity contribution in [1.82, 2.24) is 0 Å². The zero-order valence-corrected chi connectivity index (χ0v) is 12.1. The minimum atomic E-state index is 0.0773. The van der Waals surface area contributed by atoms with Crippen LogP contribution >= 0.6 is 46.6 Å². The molecule has 1 saturated heterocycles. The molecule has 1 nitrogen and oxygen atoms in total. The quantitative estimate of drug-likeness (QED) is 0.776. The van der Waals surface area contributed by atoms with Gasteiger partial charge in [-0.05, 0) is 24.4 Å². The molecule has 0 bridgehead atoms. The molecule has 1 fully saturated rings. The Morgan fingerprint density at radius 2 is 2.56 bits per heavy atom. The predicted octanol–water partition coefficient (Wildman–Crippen LogP) is 4.17.